The minimum absolute atomic E-state index is 0. The van der Waals surface area contributed by atoms with Gasteiger partial charge in [-0.3, -0.25) is 4.79 Å². The number of rotatable bonds is 5. The van der Waals surface area contributed by atoms with Gasteiger partial charge in [-0.05, 0) is 0 Å². The molecule has 0 aromatic carbocycles. The lowest BCUT2D eigenvalue weighted by molar-refractivity contribution is -0.141. The number of hydrogen-bond donors (Lipinski definition) is 1. The number of nitrogens with zero attached hydrogens (tertiary/aromatic N) is 1. The van der Waals surface area contributed by atoms with Crippen LogP contribution in [-0.2, 0) is 21.8 Å². The average Bonchev–Trinajstić information content (AvgIpc) is 2.62. The topological polar surface area (TPSA) is 55.0 Å². The Balaban J connectivity index is 0.00000196. The molecule has 0 atom stereocenters. The number of halogens is 2. The predicted molar refractivity (Wildman–Crippen MR) is 60.3 cm³/mol. The summed E-state index contributed by atoms with van der Waals surface area (Å²) >= 11 is 5.55. The molecule has 1 N–H and O–H groups in total. The number of H-pyrrole nitrogens is 1. The predicted octanol–water partition coefficient (Wildman–Crippen LogP) is 1.84. The van der Waals surface area contributed by atoms with Crippen LogP contribution in [0.15, 0.2) is 18.9 Å². The third-order valence-electron chi connectivity index (χ3n) is 1.49. The van der Waals surface area contributed by atoms with Crippen molar-refractivity contribution in [2.24, 2.45) is 0 Å². The molecular weight excluding hydrogens is 239 g/mol. The lowest BCUT2D eigenvalue weighted by atomic mass is 10.4. The van der Waals surface area contributed by atoms with E-state index in [0.717, 1.165) is 5.69 Å². The van der Waals surface area contributed by atoms with Gasteiger partial charge in [-0.25, -0.2) is 4.98 Å². The van der Waals surface area contributed by atoms with Crippen LogP contribution in [-0.4, -0.2) is 22.5 Å². The second-order valence-electron chi connectivity index (χ2n) is 2.62. The van der Waals surface area contributed by atoms with Crippen molar-refractivity contribution in [2.75, 3.05) is 6.61 Å². The Kier molecular flexibility index (Phi) is 6.83. The summed E-state index contributed by atoms with van der Waals surface area (Å²) in [6.07, 6.45) is 3.32. The van der Waals surface area contributed by atoms with Crippen LogP contribution in [0.25, 0.3) is 0 Å². The second kappa shape index (κ2) is 7.31. The number of aromatic amines is 1. The van der Waals surface area contributed by atoms with Gasteiger partial charge in [0.05, 0.1) is 11.6 Å². The zero-order valence-corrected chi connectivity index (χ0v) is 9.61. The molecular formula is C9H12Cl2N2O2. The van der Waals surface area contributed by atoms with Gasteiger partial charge in [0.2, 0.25) is 0 Å². The Morgan fingerprint density at radius 2 is 2.47 bits per heavy atom. The lowest BCUT2D eigenvalue weighted by Gasteiger charge is -1.98. The highest BCUT2D eigenvalue weighted by Crippen LogP contribution is 2.01. The van der Waals surface area contributed by atoms with Crippen LogP contribution >= 0.6 is 24.0 Å². The van der Waals surface area contributed by atoms with Crippen molar-refractivity contribution in [3.63, 3.8) is 0 Å². The third kappa shape index (κ3) is 4.85. The Morgan fingerprint density at radius 3 is 3.00 bits per heavy atom. The van der Waals surface area contributed by atoms with Crippen molar-refractivity contribution in [3.8, 4) is 0 Å². The summed E-state index contributed by atoms with van der Waals surface area (Å²) in [5.41, 5.74) is 0.721. The molecule has 0 radical (unpaired) electrons. The number of hydrogen-bond acceptors (Lipinski definition) is 3. The number of ether oxygens (including phenoxy) is 1. The fraction of sp³-hybridized carbons (Fsp3) is 0.333. The number of carbonyl (C=O) groups is 1. The van der Waals surface area contributed by atoms with Gasteiger partial charge in [0, 0.05) is 6.20 Å². The molecule has 0 amide bonds. The lowest BCUT2D eigenvalue weighted by Crippen LogP contribution is -2.08. The summed E-state index contributed by atoms with van der Waals surface area (Å²) in [6, 6.07) is 0. The first-order valence-electron chi connectivity index (χ1n) is 4.12. The summed E-state index contributed by atoms with van der Waals surface area (Å²) in [5.74, 6) is 0.563. The van der Waals surface area contributed by atoms with E-state index in [2.05, 4.69) is 16.5 Å². The normalized spacial score (nSPS) is 9.13. The molecule has 84 valence electrons. The van der Waals surface area contributed by atoms with Gasteiger partial charge in [-0.15, -0.1) is 24.0 Å². The zero-order chi connectivity index (χ0) is 10.4. The number of nitrogens with one attached hydrogen (secondary N) is 1. The largest absolute Gasteiger partial charge is 0.461 e. The van der Waals surface area contributed by atoms with Gasteiger partial charge in [0.15, 0.2) is 0 Å². The fourth-order valence-corrected chi connectivity index (χ4v) is 1.04. The summed E-state index contributed by atoms with van der Waals surface area (Å²) in [4.78, 5) is 18.0. The molecule has 0 aliphatic carbocycles. The van der Waals surface area contributed by atoms with Crippen LogP contribution in [0.2, 0.25) is 0 Å². The van der Waals surface area contributed by atoms with E-state index in [9.17, 15) is 4.79 Å². The quantitative estimate of drug-likeness (QED) is 0.493. The molecule has 6 heteroatoms. The summed E-state index contributed by atoms with van der Waals surface area (Å²) < 4.78 is 4.79. The van der Waals surface area contributed by atoms with Crippen molar-refractivity contribution < 1.29 is 9.53 Å². The fourth-order valence-electron chi connectivity index (χ4n) is 0.903. The van der Waals surface area contributed by atoms with Gasteiger partial charge in [-0.2, -0.15) is 0 Å². The number of alkyl halides is 1. The van der Waals surface area contributed by atoms with E-state index >= 15 is 0 Å². The standard InChI is InChI=1S/C9H11ClN2O2.ClH/c1-2-3-14-9(13)4-8-11-6-7(5-10)12-8;/h2,6H,1,3-5H2,(H,11,12);1H. The maximum Gasteiger partial charge on any atom is 0.313 e. The smallest absolute Gasteiger partial charge is 0.313 e. The molecule has 0 spiro atoms. The van der Waals surface area contributed by atoms with E-state index in [0.29, 0.717) is 11.7 Å². The SMILES string of the molecule is C=CCOC(=O)Cc1nc(CCl)c[nH]1.Cl. The maximum absolute atomic E-state index is 11.1. The minimum atomic E-state index is -0.333. The molecule has 1 aromatic heterocycles. The van der Waals surface area contributed by atoms with Crippen molar-refractivity contribution >= 4 is 30.0 Å². The molecule has 4 nitrogen and oxygen atoms in total. The first-order valence-corrected chi connectivity index (χ1v) is 4.65. The van der Waals surface area contributed by atoms with Crippen LogP contribution in [0.4, 0.5) is 0 Å². The van der Waals surface area contributed by atoms with E-state index in [1.807, 2.05) is 0 Å². The van der Waals surface area contributed by atoms with Crippen molar-refractivity contribution in [1.82, 2.24) is 9.97 Å². The van der Waals surface area contributed by atoms with Crippen LogP contribution in [0.3, 0.4) is 0 Å². The number of esters is 1. The Labute approximate surface area is 99.1 Å². The highest BCUT2D eigenvalue weighted by molar-refractivity contribution is 6.16. The van der Waals surface area contributed by atoms with E-state index in [-0.39, 0.29) is 31.4 Å². The third-order valence-corrected chi connectivity index (χ3v) is 1.77. The zero-order valence-electron chi connectivity index (χ0n) is 8.03. The van der Waals surface area contributed by atoms with E-state index in [1.54, 1.807) is 6.20 Å². The molecule has 0 fully saturated rings. The van der Waals surface area contributed by atoms with Gasteiger partial charge in [-0.1, -0.05) is 12.7 Å². The van der Waals surface area contributed by atoms with Crippen molar-refractivity contribution in [2.45, 2.75) is 12.3 Å². The van der Waals surface area contributed by atoms with Gasteiger partial charge < -0.3 is 9.72 Å². The minimum Gasteiger partial charge on any atom is -0.461 e. The Hall–Kier alpha value is -1.000. The summed E-state index contributed by atoms with van der Waals surface area (Å²) in [6.45, 7) is 3.66. The molecule has 1 aromatic rings. The van der Waals surface area contributed by atoms with E-state index < -0.39 is 0 Å². The number of imidazole rings is 1. The molecule has 0 saturated heterocycles. The van der Waals surface area contributed by atoms with Crippen molar-refractivity contribution in [1.29, 1.82) is 0 Å². The molecule has 1 rings (SSSR count). The average molecular weight is 251 g/mol. The van der Waals surface area contributed by atoms with Crippen molar-refractivity contribution in [3.05, 3.63) is 30.4 Å². The number of aromatic nitrogens is 2. The van der Waals surface area contributed by atoms with Crippen LogP contribution in [0.5, 0.6) is 0 Å². The van der Waals surface area contributed by atoms with Gasteiger partial charge in [0.25, 0.3) is 0 Å². The van der Waals surface area contributed by atoms with E-state index in [4.69, 9.17) is 16.3 Å². The molecule has 0 aliphatic rings. The van der Waals surface area contributed by atoms with Crippen LogP contribution in [0, 0.1) is 0 Å². The first-order chi connectivity index (χ1) is 6.76. The van der Waals surface area contributed by atoms with E-state index in [1.165, 1.54) is 6.08 Å². The van der Waals surface area contributed by atoms with Crippen LogP contribution in [0.1, 0.15) is 11.5 Å². The molecule has 0 saturated carbocycles. The summed E-state index contributed by atoms with van der Waals surface area (Å²) in [5, 5.41) is 0. The highest BCUT2D eigenvalue weighted by Gasteiger charge is 2.07. The second-order valence-corrected chi connectivity index (χ2v) is 2.89. The van der Waals surface area contributed by atoms with Gasteiger partial charge in [0.1, 0.15) is 18.9 Å². The molecule has 15 heavy (non-hydrogen) atoms. The first kappa shape index (κ1) is 14.0. The molecule has 0 unspecified atom stereocenters. The molecule has 0 aliphatic heterocycles. The molecule has 1 heterocycles. The van der Waals surface area contributed by atoms with Gasteiger partial charge >= 0.3 is 5.97 Å². The molecule has 0 bridgehead atoms. The maximum atomic E-state index is 11.1. The summed E-state index contributed by atoms with van der Waals surface area (Å²) in [7, 11) is 0. The Bertz CT molecular complexity index is 326. The highest BCUT2D eigenvalue weighted by atomic mass is 35.5. The van der Waals surface area contributed by atoms with Crippen LogP contribution < -0.4 is 0 Å². The monoisotopic (exact) mass is 250 g/mol. The number of carbonyl (C=O) groups excluding carboxylic acids is 1. The Morgan fingerprint density at radius 1 is 1.73 bits per heavy atom.